The number of nitriles is 1. The van der Waals surface area contributed by atoms with Crippen molar-refractivity contribution in [1.29, 1.82) is 5.26 Å². The van der Waals surface area contributed by atoms with Crippen molar-refractivity contribution in [2.24, 2.45) is 5.10 Å². The fourth-order valence-corrected chi connectivity index (χ4v) is 2.06. The predicted octanol–water partition coefficient (Wildman–Crippen LogP) is 3.86. The number of hydrazone groups is 1. The molecule has 0 amide bonds. The molecule has 0 spiro atoms. The number of anilines is 1. The van der Waals surface area contributed by atoms with Crippen molar-refractivity contribution in [3.63, 3.8) is 0 Å². The first kappa shape index (κ1) is 14.4. The number of aromatic nitrogens is 2. The van der Waals surface area contributed by atoms with Crippen LogP contribution in [-0.4, -0.2) is 16.0 Å². The zero-order valence-corrected chi connectivity index (χ0v) is 12.2. The Kier molecular flexibility index (Phi) is 4.61. The van der Waals surface area contributed by atoms with Crippen molar-refractivity contribution in [2.75, 3.05) is 5.43 Å². The third kappa shape index (κ3) is 2.93. The second-order valence-electron chi connectivity index (χ2n) is 3.86. The SMILES string of the molecule is CCC=NNc1c(C#N)cnn1-c1ccc(Cl)cc1Cl. The van der Waals surface area contributed by atoms with Crippen molar-refractivity contribution in [1.82, 2.24) is 9.78 Å². The fraction of sp³-hybridized carbons (Fsp3) is 0.154. The van der Waals surface area contributed by atoms with Gasteiger partial charge in [-0.2, -0.15) is 15.5 Å². The number of hydrogen-bond donors (Lipinski definition) is 1. The van der Waals surface area contributed by atoms with E-state index in [0.717, 1.165) is 6.42 Å². The Morgan fingerprint density at radius 2 is 2.30 bits per heavy atom. The normalized spacial score (nSPS) is 10.7. The molecule has 0 saturated heterocycles. The Hall–Kier alpha value is -2.03. The second kappa shape index (κ2) is 6.42. The zero-order chi connectivity index (χ0) is 14.5. The maximum atomic E-state index is 9.10. The number of nitrogens with one attached hydrogen (secondary N) is 1. The first-order chi connectivity index (χ1) is 9.67. The Morgan fingerprint density at radius 3 is 2.95 bits per heavy atom. The minimum absolute atomic E-state index is 0.379. The number of benzene rings is 1. The summed E-state index contributed by atoms with van der Waals surface area (Å²) >= 11 is 12.0. The van der Waals surface area contributed by atoms with Crippen molar-refractivity contribution < 1.29 is 0 Å². The molecule has 1 aromatic heterocycles. The van der Waals surface area contributed by atoms with Crippen LogP contribution in [0.3, 0.4) is 0 Å². The monoisotopic (exact) mass is 307 g/mol. The molecule has 0 bridgehead atoms. The van der Waals surface area contributed by atoms with Crippen LogP contribution in [0.25, 0.3) is 5.69 Å². The zero-order valence-electron chi connectivity index (χ0n) is 10.6. The molecule has 0 aliphatic carbocycles. The highest BCUT2D eigenvalue weighted by Crippen LogP contribution is 2.27. The highest BCUT2D eigenvalue weighted by Gasteiger charge is 2.14. The minimum atomic E-state index is 0.379. The lowest BCUT2D eigenvalue weighted by Gasteiger charge is -2.09. The number of halogens is 2. The molecule has 1 heterocycles. The van der Waals surface area contributed by atoms with E-state index in [1.807, 2.05) is 6.92 Å². The molecule has 0 aliphatic heterocycles. The van der Waals surface area contributed by atoms with Crippen LogP contribution in [0.2, 0.25) is 10.0 Å². The quantitative estimate of drug-likeness (QED) is 0.689. The van der Waals surface area contributed by atoms with E-state index in [2.05, 4.69) is 21.7 Å². The molecular formula is C13H11Cl2N5. The molecule has 1 N–H and O–H groups in total. The van der Waals surface area contributed by atoms with Gasteiger partial charge in [0.15, 0.2) is 5.82 Å². The van der Waals surface area contributed by atoms with E-state index in [0.29, 0.717) is 27.1 Å². The molecule has 2 rings (SSSR count). The molecule has 0 atom stereocenters. The average Bonchev–Trinajstić information content (AvgIpc) is 2.82. The van der Waals surface area contributed by atoms with Gasteiger partial charge in [0, 0.05) is 11.2 Å². The van der Waals surface area contributed by atoms with Crippen LogP contribution in [0.4, 0.5) is 5.82 Å². The maximum Gasteiger partial charge on any atom is 0.168 e. The van der Waals surface area contributed by atoms with Crippen LogP contribution < -0.4 is 5.43 Å². The van der Waals surface area contributed by atoms with Gasteiger partial charge in [-0.1, -0.05) is 30.1 Å². The number of hydrogen-bond acceptors (Lipinski definition) is 4. The van der Waals surface area contributed by atoms with E-state index in [1.54, 1.807) is 24.4 Å². The van der Waals surface area contributed by atoms with Gasteiger partial charge in [-0.05, 0) is 24.6 Å². The van der Waals surface area contributed by atoms with Gasteiger partial charge in [0.25, 0.3) is 0 Å². The second-order valence-corrected chi connectivity index (χ2v) is 4.70. The molecule has 0 saturated carbocycles. The molecule has 7 heteroatoms. The summed E-state index contributed by atoms with van der Waals surface area (Å²) in [5, 5.41) is 18.2. The molecule has 0 radical (unpaired) electrons. The third-order valence-corrected chi connectivity index (χ3v) is 3.01. The van der Waals surface area contributed by atoms with Gasteiger partial charge in [0.2, 0.25) is 0 Å². The molecule has 5 nitrogen and oxygen atoms in total. The number of rotatable bonds is 4. The Labute approximate surface area is 126 Å². The molecule has 1 aromatic carbocycles. The molecule has 0 aliphatic rings. The average molecular weight is 308 g/mol. The van der Waals surface area contributed by atoms with E-state index in [4.69, 9.17) is 28.5 Å². The van der Waals surface area contributed by atoms with Crippen LogP contribution in [-0.2, 0) is 0 Å². The lowest BCUT2D eigenvalue weighted by atomic mass is 10.3. The molecule has 102 valence electrons. The van der Waals surface area contributed by atoms with E-state index in [-0.39, 0.29) is 0 Å². The van der Waals surface area contributed by atoms with Gasteiger partial charge in [-0.15, -0.1) is 0 Å². The first-order valence-electron chi connectivity index (χ1n) is 5.88. The molecule has 0 unspecified atom stereocenters. The van der Waals surface area contributed by atoms with E-state index in [1.165, 1.54) is 10.9 Å². The summed E-state index contributed by atoms with van der Waals surface area (Å²) in [5.41, 5.74) is 3.81. The summed E-state index contributed by atoms with van der Waals surface area (Å²) in [4.78, 5) is 0. The van der Waals surface area contributed by atoms with E-state index < -0.39 is 0 Å². The minimum Gasteiger partial charge on any atom is -0.260 e. The molecular weight excluding hydrogens is 297 g/mol. The summed E-state index contributed by atoms with van der Waals surface area (Å²) < 4.78 is 1.52. The van der Waals surface area contributed by atoms with Crippen LogP contribution in [0, 0.1) is 11.3 Å². The largest absolute Gasteiger partial charge is 0.260 e. The van der Waals surface area contributed by atoms with Crippen LogP contribution in [0.1, 0.15) is 18.9 Å². The Bertz CT molecular complexity index is 685. The summed E-state index contributed by atoms with van der Waals surface area (Å²) in [6.07, 6.45) is 3.93. The van der Waals surface area contributed by atoms with Crippen molar-refractivity contribution in [2.45, 2.75) is 13.3 Å². The standard InChI is InChI=1S/C13H11Cl2N5/c1-2-5-17-19-13-9(7-16)8-18-20(13)12-4-3-10(14)6-11(12)15/h3-6,8,19H,2H2,1H3. The van der Waals surface area contributed by atoms with Gasteiger partial charge in [0.1, 0.15) is 11.6 Å². The van der Waals surface area contributed by atoms with Gasteiger partial charge in [-0.3, -0.25) is 5.43 Å². The van der Waals surface area contributed by atoms with Gasteiger partial charge in [0.05, 0.1) is 16.9 Å². The van der Waals surface area contributed by atoms with E-state index >= 15 is 0 Å². The summed E-state index contributed by atoms with van der Waals surface area (Å²) in [7, 11) is 0. The maximum absolute atomic E-state index is 9.10. The van der Waals surface area contributed by atoms with Gasteiger partial charge >= 0.3 is 0 Å². The summed E-state index contributed by atoms with van der Waals surface area (Å²) in [6.45, 7) is 1.96. The number of nitrogens with zero attached hydrogens (tertiary/aromatic N) is 4. The Morgan fingerprint density at radius 1 is 1.50 bits per heavy atom. The first-order valence-corrected chi connectivity index (χ1v) is 6.64. The summed E-state index contributed by atoms with van der Waals surface area (Å²) in [6, 6.07) is 7.10. The van der Waals surface area contributed by atoms with Crippen molar-refractivity contribution in [3.05, 3.63) is 40.0 Å². The lowest BCUT2D eigenvalue weighted by molar-refractivity contribution is 0.881. The predicted molar refractivity (Wildman–Crippen MR) is 80.7 cm³/mol. The van der Waals surface area contributed by atoms with Crippen LogP contribution >= 0.6 is 23.2 Å². The van der Waals surface area contributed by atoms with Crippen molar-refractivity contribution >= 4 is 35.2 Å². The topological polar surface area (TPSA) is 66.0 Å². The van der Waals surface area contributed by atoms with Gasteiger partial charge < -0.3 is 0 Å². The van der Waals surface area contributed by atoms with E-state index in [9.17, 15) is 0 Å². The summed E-state index contributed by atoms with van der Waals surface area (Å²) in [5.74, 6) is 0.460. The smallest absolute Gasteiger partial charge is 0.168 e. The van der Waals surface area contributed by atoms with Crippen molar-refractivity contribution in [3.8, 4) is 11.8 Å². The third-order valence-electron chi connectivity index (χ3n) is 2.47. The Balaban J connectivity index is 2.48. The van der Waals surface area contributed by atoms with Gasteiger partial charge in [-0.25, -0.2) is 4.68 Å². The van der Waals surface area contributed by atoms with Crippen LogP contribution in [0.15, 0.2) is 29.5 Å². The molecule has 0 fully saturated rings. The highest BCUT2D eigenvalue weighted by atomic mass is 35.5. The van der Waals surface area contributed by atoms with Crippen LogP contribution in [0.5, 0.6) is 0 Å². The fourth-order valence-electron chi connectivity index (χ4n) is 1.57. The highest BCUT2D eigenvalue weighted by molar-refractivity contribution is 6.35. The lowest BCUT2D eigenvalue weighted by Crippen LogP contribution is -2.03. The molecule has 2 aromatic rings. The molecule has 20 heavy (non-hydrogen) atoms.